The molecule has 0 unspecified atom stereocenters. The first kappa shape index (κ1) is 14.4. The van der Waals surface area contributed by atoms with E-state index >= 15 is 0 Å². The molecule has 0 saturated carbocycles. The van der Waals surface area contributed by atoms with Gasteiger partial charge in [0.1, 0.15) is 5.82 Å². The number of benzene rings is 2. The second-order valence-electron chi connectivity index (χ2n) is 5.84. The van der Waals surface area contributed by atoms with E-state index in [0.717, 1.165) is 29.9 Å². The Bertz CT molecular complexity index is 983. The van der Waals surface area contributed by atoms with Crippen LogP contribution in [0.5, 0.6) is 0 Å². The van der Waals surface area contributed by atoms with E-state index in [4.69, 9.17) is 4.98 Å². The topological polar surface area (TPSA) is 42.7 Å². The van der Waals surface area contributed by atoms with Gasteiger partial charge < -0.3 is 9.88 Å². The van der Waals surface area contributed by atoms with E-state index in [1.54, 1.807) is 11.3 Å². The average molecular weight is 322 g/mol. The highest BCUT2D eigenvalue weighted by molar-refractivity contribution is 7.16. The summed E-state index contributed by atoms with van der Waals surface area (Å²) in [5.41, 5.74) is 7.70. The number of fused-ring (bicyclic) bond motifs is 2. The van der Waals surface area contributed by atoms with Gasteiger partial charge in [0.15, 0.2) is 0 Å². The van der Waals surface area contributed by atoms with Gasteiger partial charge in [0, 0.05) is 13.6 Å². The predicted octanol–water partition coefficient (Wildman–Crippen LogP) is 3.78. The largest absolute Gasteiger partial charge is 0.330 e. The molecule has 0 spiro atoms. The fourth-order valence-electron chi connectivity index (χ4n) is 2.85. The summed E-state index contributed by atoms with van der Waals surface area (Å²) in [6.07, 6.45) is 0. The van der Waals surface area contributed by atoms with E-state index < -0.39 is 0 Å². The minimum Gasteiger partial charge on any atom is -0.330 e. The lowest BCUT2D eigenvalue weighted by Crippen LogP contribution is -2.15. The summed E-state index contributed by atoms with van der Waals surface area (Å²) >= 11 is 1.68. The van der Waals surface area contributed by atoms with Crippen LogP contribution in [0.1, 0.15) is 17.0 Å². The van der Waals surface area contributed by atoms with Crippen LogP contribution in [0.15, 0.2) is 41.9 Å². The summed E-state index contributed by atoms with van der Waals surface area (Å²) in [5, 5.41) is 3.48. The molecule has 2 aromatic carbocycles. The summed E-state index contributed by atoms with van der Waals surface area (Å²) in [4.78, 5) is 9.11. The molecule has 4 rings (SSSR count). The van der Waals surface area contributed by atoms with Gasteiger partial charge in [-0.2, -0.15) is 0 Å². The molecule has 2 heterocycles. The van der Waals surface area contributed by atoms with Crippen LogP contribution < -0.4 is 5.32 Å². The molecule has 0 aliphatic heterocycles. The van der Waals surface area contributed by atoms with Crippen LogP contribution in [0.25, 0.3) is 21.3 Å². The average Bonchev–Trinajstić information content (AvgIpc) is 3.12. The van der Waals surface area contributed by atoms with Gasteiger partial charge in [0.2, 0.25) is 0 Å². The van der Waals surface area contributed by atoms with Crippen LogP contribution in [0.4, 0.5) is 0 Å². The lowest BCUT2D eigenvalue weighted by atomic mass is 10.2. The highest BCUT2D eigenvalue weighted by atomic mass is 32.1. The number of aromatic nitrogens is 3. The van der Waals surface area contributed by atoms with Crippen molar-refractivity contribution >= 4 is 32.6 Å². The second kappa shape index (κ2) is 5.76. The minimum absolute atomic E-state index is 0.749. The van der Waals surface area contributed by atoms with Crippen molar-refractivity contribution in [1.29, 1.82) is 0 Å². The van der Waals surface area contributed by atoms with E-state index in [1.165, 1.54) is 21.3 Å². The maximum atomic E-state index is 4.74. The summed E-state index contributed by atoms with van der Waals surface area (Å²) in [6.45, 7) is 3.66. The molecule has 0 aliphatic rings. The van der Waals surface area contributed by atoms with E-state index in [2.05, 4.69) is 65.2 Å². The first-order valence-electron chi connectivity index (χ1n) is 7.65. The SMILES string of the molecule is Cc1ccc2c(c1)nc(CNCc1ccc3scnc3c1)n2C. The van der Waals surface area contributed by atoms with E-state index in [9.17, 15) is 0 Å². The molecular weight excluding hydrogens is 304 g/mol. The van der Waals surface area contributed by atoms with Gasteiger partial charge in [0.05, 0.1) is 33.3 Å². The van der Waals surface area contributed by atoms with Crippen LogP contribution in [0.3, 0.4) is 0 Å². The van der Waals surface area contributed by atoms with Crippen LogP contribution in [0.2, 0.25) is 0 Å². The molecule has 5 heteroatoms. The summed E-state index contributed by atoms with van der Waals surface area (Å²) in [7, 11) is 2.07. The van der Waals surface area contributed by atoms with Gasteiger partial charge >= 0.3 is 0 Å². The summed E-state index contributed by atoms with van der Waals surface area (Å²) in [6, 6.07) is 12.8. The highest BCUT2D eigenvalue weighted by Crippen LogP contribution is 2.19. The standard InChI is InChI=1S/C18H18N4S/c1-12-3-5-16-14(7-12)21-18(22(16)2)10-19-9-13-4-6-17-15(8-13)20-11-23-17/h3-8,11,19H,9-10H2,1-2H3. The van der Waals surface area contributed by atoms with Gasteiger partial charge in [0.25, 0.3) is 0 Å². The molecule has 116 valence electrons. The van der Waals surface area contributed by atoms with Crippen molar-refractivity contribution in [3.05, 3.63) is 58.9 Å². The smallest absolute Gasteiger partial charge is 0.123 e. The van der Waals surface area contributed by atoms with Gasteiger partial charge in [-0.05, 0) is 42.3 Å². The molecule has 4 aromatic rings. The van der Waals surface area contributed by atoms with E-state index in [-0.39, 0.29) is 0 Å². The Labute approximate surface area is 138 Å². The first-order chi connectivity index (χ1) is 11.2. The van der Waals surface area contributed by atoms with Crippen molar-refractivity contribution in [3.63, 3.8) is 0 Å². The molecule has 0 fully saturated rings. The molecule has 4 nitrogen and oxygen atoms in total. The van der Waals surface area contributed by atoms with Gasteiger partial charge in [-0.1, -0.05) is 12.1 Å². The number of imidazole rings is 1. The highest BCUT2D eigenvalue weighted by Gasteiger charge is 2.07. The fourth-order valence-corrected chi connectivity index (χ4v) is 3.51. The Kier molecular flexibility index (Phi) is 3.59. The number of aryl methyl sites for hydroxylation is 2. The number of hydrogen-bond donors (Lipinski definition) is 1. The molecule has 2 aromatic heterocycles. The zero-order valence-electron chi connectivity index (χ0n) is 13.2. The van der Waals surface area contributed by atoms with Crippen molar-refractivity contribution in [2.45, 2.75) is 20.0 Å². The molecule has 0 atom stereocenters. The van der Waals surface area contributed by atoms with Crippen molar-refractivity contribution in [1.82, 2.24) is 19.9 Å². The Hall–Kier alpha value is -2.24. The lowest BCUT2D eigenvalue weighted by molar-refractivity contribution is 0.644. The van der Waals surface area contributed by atoms with E-state index in [1.807, 2.05) is 5.51 Å². The molecular formula is C18H18N4S. The lowest BCUT2D eigenvalue weighted by Gasteiger charge is -2.05. The third-order valence-electron chi connectivity index (χ3n) is 4.14. The van der Waals surface area contributed by atoms with Crippen LogP contribution in [-0.2, 0) is 20.1 Å². The molecule has 23 heavy (non-hydrogen) atoms. The van der Waals surface area contributed by atoms with Crippen LogP contribution in [0, 0.1) is 6.92 Å². The van der Waals surface area contributed by atoms with E-state index in [0.29, 0.717) is 0 Å². The van der Waals surface area contributed by atoms with Crippen molar-refractivity contribution in [3.8, 4) is 0 Å². The molecule has 0 amide bonds. The van der Waals surface area contributed by atoms with Crippen LogP contribution >= 0.6 is 11.3 Å². The molecule has 0 radical (unpaired) electrons. The summed E-state index contributed by atoms with van der Waals surface area (Å²) in [5.74, 6) is 1.06. The van der Waals surface area contributed by atoms with Gasteiger partial charge in [-0.15, -0.1) is 11.3 Å². The zero-order valence-corrected chi connectivity index (χ0v) is 14.0. The van der Waals surface area contributed by atoms with Crippen molar-refractivity contribution < 1.29 is 0 Å². The number of rotatable bonds is 4. The normalized spacial score (nSPS) is 11.6. The zero-order chi connectivity index (χ0) is 15.8. The molecule has 0 bridgehead atoms. The Morgan fingerprint density at radius 1 is 1.09 bits per heavy atom. The quantitative estimate of drug-likeness (QED) is 0.622. The second-order valence-corrected chi connectivity index (χ2v) is 6.72. The number of hydrogen-bond acceptors (Lipinski definition) is 4. The maximum absolute atomic E-state index is 4.74. The monoisotopic (exact) mass is 322 g/mol. The Morgan fingerprint density at radius 3 is 2.91 bits per heavy atom. The minimum atomic E-state index is 0.749. The molecule has 0 saturated heterocycles. The Morgan fingerprint density at radius 2 is 2.00 bits per heavy atom. The number of nitrogens with one attached hydrogen (secondary N) is 1. The van der Waals surface area contributed by atoms with Gasteiger partial charge in [-0.25, -0.2) is 9.97 Å². The maximum Gasteiger partial charge on any atom is 0.123 e. The first-order valence-corrected chi connectivity index (χ1v) is 8.53. The fraction of sp³-hybridized carbons (Fsp3) is 0.222. The third kappa shape index (κ3) is 2.73. The predicted molar refractivity (Wildman–Crippen MR) is 95.6 cm³/mol. The molecule has 0 aliphatic carbocycles. The van der Waals surface area contributed by atoms with Gasteiger partial charge in [-0.3, -0.25) is 0 Å². The number of nitrogens with zero attached hydrogens (tertiary/aromatic N) is 3. The third-order valence-corrected chi connectivity index (χ3v) is 4.95. The molecule has 1 N–H and O–H groups in total. The van der Waals surface area contributed by atoms with Crippen molar-refractivity contribution in [2.75, 3.05) is 0 Å². The Balaban J connectivity index is 1.49. The number of thiazole rings is 1. The summed E-state index contributed by atoms with van der Waals surface area (Å²) < 4.78 is 3.39. The van der Waals surface area contributed by atoms with Crippen LogP contribution in [-0.4, -0.2) is 14.5 Å². The van der Waals surface area contributed by atoms with Crippen molar-refractivity contribution in [2.24, 2.45) is 7.05 Å².